The molecule has 4 nitrogen and oxygen atoms in total. The number of benzene rings is 1. The number of para-hydroxylation sites is 2. The average Bonchev–Trinajstić information content (AvgIpc) is 2.28. The van der Waals surface area contributed by atoms with Crippen LogP contribution >= 0.6 is 24.8 Å². The third kappa shape index (κ3) is 5.68. The van der Waals surface area contributed by atoms with Crippen molar-refractivity contribution in [2.45, 2.75) is 19.9 Å². The lowest BCUT2D eigenvalue weighted by Gasteiger charge is -2.20. The number of nitrogens with two attached hydrogens (primary N) is 1. The highest BCUT2D eigenvalue weighted by Crippen LogP contribution is 2.24. The molecule has 0 bridgehead atoms. The van der Waals surface area contributed by atoms with Gasteiger partial charge in [0.05, 0.1) is 17.3 Å². The van der Waals surface area contributed by atoms with E-state index in [1.165, 1.54) is 0 Å². The van der Waals surface area contributed by atoms with E-state index in [0.29, 0.717) is 0 Å². The number of anilines is 2. The van der Waals surface area contributed by atoms with Gasteiger partial charge in [0.2, 0.25) is 5.91 Å². The van der Waals surface area contributed by atoms with E-state index in [-0.39, 0.29) is 42.7 Å². The summed E-state index contributed by atoms with van der Waals surface area (Å²) in [5.74, 6) is -0.250. The molecule has 0 heterocycles. The molecule has 3 N–H and O–H groups in total. The van der Waals surface area contributed by atoms with Crippen molar-refractivity contribution in [1.82, 2.24) is 0 Å². The molecule has 1 amide bonds. The molecule has 110 valence electrons. The van der Waals surface area contributed by atoms with Crippen molar-refractivity contribution in [3.8, 4) is 0 Å². The summed E-state index contributed by atoms with van der Waals surface area (Å²) in [7, 11) is 3.89. The normalized spacial score (nSPS) is 12.5. The molecule has 1 rings (SSSR count). The number of carbonyl (C=O) groups is 1. The van der Waals surface area contributed by atoms with Crippen LogP contribution < -0.4 is 16.0 Å². The number of rotatable bonds is 4. The maximum Gasteiger partial charge on any atom is 0.228 e. The molecule has 0 spiro atoms. The highest BCUT2D eigenvalue weighted by molar-refractivity contribution is 5.95. The summed E-state index contributed by atoms with van der Waals surface area (Å²) in [6.45, 7) is 3.67. The maximum atomic E-state index is 11.9. The third-order valence-electron chi connectivity index (χ3n) is 2.85. The van der Waals surface area contributed by atoms with Crippen molar-refractivity contribution in [2.75, 3.05) is 24.3 Å². The highest BCUT2D eigenvalue weighted by atomic mass is 35.5. The Hall–Kier alpha value is -0.970. The molecule has 0 aliphatic rings. The Balaban J connectivity index is 0. The first kappa shape index (κ1) is 20.3. The van der Waals surface area contributed by atoms with Gasteiger partial charge in [-0.05, 0) is 19.1 Å². The molecule has 0 saturated heterocycles. The van der Waals surface area contributed by atoms with Crippen LogP contribution in [0.5, 0.6) is 0 Å². The van der Waals surface area contributed by atoms with Crippen LogP contribution in [0.3, 0.4) is 0 Å². The number of hydrogen-bond donors (Lipinski definition) is 2. The molecular formula is C13H23Cl2N3O. The summed E-state index contributed by atoms with van der Waals surface area (Å²) >= 11 is 0. The summed E-state index contributed by atoms with van der Waals surface area (Å²) in [5, 5.41) is 2.91. The monoisotopic (exact) mass is 307 g/mol. The van der Waals surface area contributed by atoms with Crippen molar-refractivity contribution < 1.29 is 4.79 Å². The summed E-state index contributed by atoms with van der Waals surface area (Å²) in [6, 6.07) is 7.55. The first-order valence-electron chi connectivity index (χ1n) is 5.76. The van der Waals surface area contributed by atoms with Crippen LogP contribution in [0.15, 0.2) is 24.3 Å². The van der Waals surface area contributed by atoms with E-state index < -0.39 is 0 Å². The predicted octanol–water partition coefficient (Wildman–Crippen LogP) is 2.52. The zero-order valence-corrected chi connectivity index (χ0v) is 13.3. The van der Waals surface area contributed by atoms with E-state index in [1.54, 1.807) is 0 Å². The summed E-state index contributed by atoms with van der Waals surface area (Å²) in [5.41, 5.74) is 7.52. The first-order valence-corrected chi connectivity index (χ1v) is 5.76. The predicted molar refractivity (Wildman–Crippen MR) is 86.7 cm³/mol. The topological polar surface area (TPSA) is 58.4 Å². The smallest absolute Gasteiger partial charge is 0.228 e. The fourth-order valence-corrected chi connectivity index (χ4v) is 1.45. The largest absolute Gasteiger partial charge is 0.376 e. The fraction of sp³-hybridized carbons (Fsp3) is 0.462. The SMILES string of the molecule is CC(N)C(C)C(=O)Nc1ccccc1N(C)C.Cl.Cl. The molecule has 0 aliphatic heterocycles. The number of amides is 1. The van der Waals surface area contributed by atoms with Gasteiger partial charge in [-0.15, -0.1) is 24.8 Å². The van der Waals surface area contributed by atoms with E-state index in [2.05, 4.69) is 5.32 Å². The standard InChI is InChI=1S/C13H21N3O.2ClH/c1-9(10(2)14)13(17)15-11-7-5-6-8-12(11)16(3)4;;/h5-10H,14H2,1-4H3,(H,15,17);2*1H. The van der Waals surface area contributed by atoms with Gasteiger partial charge >= 0.3 is 0 Å². The second-order valence-electron chi connectivity index (χ2n) is 4.55. The summed E-state index contributed by atoms with van der Waals surface area (Å²) in [4.78, 5) is 13.9. The fourth-order valence-electron chi connectivity index (χ4n) is 1.45. The Morgan fingerprint density at radius 1 is 1.21 bits per heavy atom. The number of nitrogens with one attached hydrogen (secondary N) is 1. The van der Waals surface area contributed by atoms with Crippen molar-refractivity contribution >= 4 is 42.1 Å². The van der Waals surface area contributed by atoms with Crippen LogP contribution in [0.1, 0.15) is 13.8 Å². The maximum absolute atomic E-state index is 11.9. The van der Waals surface area contributed by atoms with Crippen molar-refractivity contribution in [2.24, 2.45) is 11.7 Å². The molecule has 1 aromatic rings. The van der Waals surface area contributed by atoms with E-state index in [9.17, 15) is 4.79 Å². The van der Waals surface area contributed by atoms with Crippen LogP contribution in [-0.4, -0.2) is 26.0 Å². The lowest BCUT2D eigenvalue weighted by atomic mass is 10.0. The van der Waals surface area contributed by atoms with Gasteiger partial charge in [0, 0.05) is 20.1 Å². The molecule has 2 atom stereocenters. The van der Waals surface area contributed by atoms with Gasteiger partial charge in [0.25, 0.3) is 0 Å². The van der Waals surface area contributed by atoms with Gasteiger partial charge in [-0.3, -0.25) is 4.79 Å². The van der Waals surface area contributed by atoms with Gasteiger partial charge in [0.15, 0.2) is 0 Å². The Bertz CT molecular complexity index is 397. The molecule has 1 aromatic carbocycles. The van der Waals surface area contributed by atoms with Crippen molar-refractivity contribution in [3.05, 3.63) is 24.3 Å². The molecular weight excluding hydrogens is 285 g/mol. The van der Waals surface area contributed by atoms with Gasteiger partial charge in [-0.1, -0.05) is 19.1 Å². The molecule has 2 unspecified atom stereocenters. The lowest BCUT2D eigenvalue weighted by Crippen LogP contribution is -2.34. The van der Waals surface area contributed by atoms with E-state index >= 15 is 0 Å². The van der Waals surface area contributed by atoms with Crippen LogP contribution in [0.4, 0.5) is 11.4 Å². The second kappa shape index (κ2) is 9.02. The number of nitrogens with zero attached hydrogens (tertiary/aromatic N) is 1. The van der Waals surface area contributed by atoms with Crippen LogP contribution in [0.2, 0.25) is 0 Å². The Morgan fingerprint density at radius 3 is 2.21 bits per heavy atom. The highest BCUT2D eigenvalue weighted by Gasteiger charge is 2.18. The van der Waals surface area contributed by atoms with E-state index in [1.807, 2.05) is 57.1 Å². The Morgan fingerprint density at radius 2 is 1.74 bits per heavy atom. The molecule has 0 saturated carbocycles. The Labute approximate surface area is 127 Å². The number of halogens is 2. The zero-order chi connectivity index (χ0) is 13.0. The van der Waals surface area contributed by atoms with Gasteiger partial charge in [-0.25, -0.2) is 0 Å². The summed E-state index contributed by atoms with van der Waals surface area (Å²) < 4.78 is 0. The number of hydrogen-bond acceptors (Lipinski definition) is 3. The Kier molecular flexibility index (Phi) is 9.66. The van der Waals surface area contributed by atoms with Crippen LogP contribution in [0, 0.1) is 5.92 Å². The van der Waals surface area contributed by atoms with E-state index in [0.717, 1.165) is 11.4 Å². The van der Waals surface area contributed by atoms with E-state index in [4.69, 9.17) is 5.73 Å². The minimum atomic E-state index is -0.204. The molecule has 0 aromatic heterocycles. The van der Waals surface area contributed by atoms with Gasteiger partial charge < -0.3 is 16.0 Å². The lowest BCUT2D eigenvalue weighted by molar-refractivity contribution is -0.119. The van der Waals surface area contributed by atoms with Crippen molar-refractivity contribution in [3.63, 3.8) is 0 Å². The molecule has 0 fully saturated rings. The van der Waals surface area contributed by atoms with Gasteiger partial charge in [0.1, 0.15) is 0 Å². The van der Waals surface area contributed by atoms with Crippen LogP contribution in [-0.2, 0) is 4.79 Å². The quantitative estimate of drug-likeness (QED) is 0.898. The molecule has 6 heteroatoms. The number of carbonyl (C=O) groups excluding carboxylic acids is 1. The van der Waals surface area contributed by atoms with Gasteiger partial charge in [-0.2, -0.15) is 0 Å². The van der Waals surface area contributed by atoms with Crippen molar-refractivity contribution in [1.29, 1.82) is 0 Å². The first-order chi connectivity index (χ1) is 7.93. The molecule has 0 radical (unpaired) electrons. The third-order valence-corrected chi connectivity index (χ3v) is 2.85. The minimum Gasteiger partial charge on any atom is -0.376 e. The summed E-state index contributed by atoms with van der Waals surface area (Å²) in [6.07, 6.45) is 0. The molecule has 19 heavy (non-hydrogen) atoms. The second-order valence-corrected chi connectivity index (χ2v) is 4.55. The van der Waals surface area contributed by atoms with Crippen LogP contribution in [0.25, 0.3) is 0 Å². The molecule has 0 aliphatic carbocycles. The zero-order valence-electron chi connectivity index (χ0n) is 11.7. The minimum absolute atomic E-state index is 0. The average molecular weight is 308 g/mol.